The molecule has 9 nitrogen and oxygen atoms in total. The largest absolute Gasteiger partial charge is 0.417 e. The molecule has 3 aliphatic rings. The number of amidine groups is 1. The van der Waals surface area contributed by atoms with Crippen molar-refractivity contribution in [3.63, 3.8) is 0 Å². The topological polar surface area (TPSA) is 125 Å². The predicted octanol–water partition coefficient (Wildman–Crippen LogP) is 2.36. The number of nitrogens with zero attached hydrogens (tertiary/aromatic N) is 2. The first-order chi connectivity index (χ1) is 15.4. The van der Waals surface area contributed by atoms with Crippen LogP contribution in [0.5, 0.6) is 0 Å². The Labute approximate surface area is 185 Å². The van der Waals surface area contributed by atoms with E-state index in [1.807, 2.05) is 0 Å². The number of rotatable bonds is 4. The number of aromatic amines is 1. The Bertz CT molecular complexity index is 1260. The second-order valence-electron chi connectivity index (χ2n) is 8.80. The summed E-state index contributed by atoms with van der Waals surface area (Å²) in [6, 6.07) is 5.08. The molecule has 5 rings (SSSR count). The Morgan fingerprint density at radius 1 is 1.12 bits per heavy atom. The third kappa shape index (κ3) is 3.81. The number of oxazole rings is 1. The number of benzene rings is 1. The van der Waals surface area contributed by atoms with Gasteiger partial charge in [0.05, 0.1) is 5.52 Å². The number of carbonyl (C=O) groups is 1. The maximum absolute atomic E-state index is 12.9. The second kappa shape index (κ2) is 8.00. The lowest BCUT2D eigenvalue weighted by molar-refractivity contribution is -0.124. The average molecular weight is 459 g/mol. The first-order valence-electron chi connectivity index (χ1n) is 11.1. The Hall–Kier alpha value is -2.72. The zero-order valence-electron chi connectivity index (χ0n) is 17.7. The van der Waals surface area contributed by atoms with Crippen LogP contribution in [-0.4, -0.2) is 48.1 Å². The van der Waals surface area contributed by atoms with Gasteiger partial charge in [-0.05, 0) is 37.8 Å². The first kappa shape index (κ1) is 21.1. The molecule has 0 bridgehead atoms. The van der Waals surface area contributed by atoms with Crippen LogP contribution < -0.4 is 11.1 Å². The van der Waals surface area contributed by atoms with E-state index in [2.05, 4.69) is 10.3 Å². The van der Waals surface area contributed by atoms with Gasteiger partial charge in [-0.15, -0.1) is 0 Å². The van der Waals surface area contributed by atoms with Gasteiger partial charge in [-0.25, -0.2) is 13.2 Å². The molecule has 1 saturated heterocycles. The van der Waals surface area contributed by atoms with Crippen LogP contribution in [0.4, 0.5) is 0 Å². The lowest BCUT2D eigenvalue weighted by Gasteiger charge is -2.34. The Balaban J connectivity index is 1.30. The van der Waals surface area contributed by atoms with Gasteiger partial charge in [0.15, 0.2) is 5.58 Å². The molecule has 0 atom stereocenters. The number of sulfonamides is 1. The van der Waals surface area contributed by atoms with E-state index in [1.165, 1.54) is 16.8 Å². The summed E-state index contributed by atoms with van der Waals surface area (Å²) in [5.41, 5.74) is 0.472. The number of H-pyrrole nitrogens is 1. The fraction of sp³-hybridized carbons (Fsp3) is 0.500. The van der Waals surface area contributed by atoms with Crippen molar-refractivity contribution in [1.29, 1.82) is 0 Å². The highest BCUT2D eigenvalue weighted by Gasteiger charge is 2.48. The van der Waals surface area contributed by atoms with E-state index < -0.39 is 21.3 Å². The molecule has 1 amide bonds. The molecule has 1 spiro atoms. The summed E-state index contributed by atoms with van der Waals surface area (Å²) in [5, 5.41) is 4.12. The lowest BCUT2D eigenvalue weighted by Crippen LogP contribution is -2.50. The number of fused-ring (bicyclic) bond motifs is 1. The highest BCUT2D eigenvalue weighted by Crippen LogP contribution is 2.35. The molecule has 1 aromatic carbocycles. The number of hydrogen-bond acceptors (Lipinski definition) is 6. The molecule has 2 aliphatic heterocycles. The van der Waals surface area contributed by atoms with Crippen molar-refractivity contribution in [2.24, 2.45) is 10.9 Å². The van der Waals surface area contributed by atoms with E-state index in [1.54, 1.807) is 18.2 Å². The van der Waals surface area contributed by atoms with E-state index >= 15 is 0 Å². The van der Waals surface area contributed by atoms with Crippen LogP contribution in [0.25, 0.3) is 17.2 Å². The molecule has 0 radical (unpaired) electrons. The number of carbonyl (C=O) groups excluding carboxylic acids is 1. The van der Waals surface area contributed by atoms with Gasteiger partial charge in [-0.2, -0.15) is 4.31 Å². The standard InChI is InChI=1S/C22H26N4O5S/c27-20-22(25-19(24-20)16-5-2-1-3-6-16)10-12-26(13-11-22)32(29,30)14-9-15-7-4-8-17-18(15)31-21(28)23-17/h4,7-9,14,16H,1-3,5-6,10-13H2,(H,23,28)(H,24,25,27)/b14-9+. The monoisotopic (exact) mass is 458 g/mol. The van der Waals surface area contributed by atoms with Crippen LogP contribution in [0.2, 0.25) is 0 Å². The number of piperidine rings is 1. The van der Waals surface area contributed by atoms with Gasteiger partial charge in [0, 0.05) is 30.0 Å². The maximum atomic E-state index is 12.9. The number of nitrogens with one attached hydrogen (secondary N) is 2. The van der Waals surface area contributed by atoms with Gasteiger partial charge in [-0.3, -0.25) is 14.8 Å². The van der Waals surface area contributed by atoms with Gasteiger partial charge in [0.2, 0.25) is 10.0 Å². The van der Waals surface area contributed by atoms with Crippen molar-refractivity contribution in [3.8, 4) is 0 Å². The summed E-state index contributed by atoms with van der Waals surface area (Å²) in [6.45, 7) is 0.454. The van der Waals surface area contributed by atoms with Crippen LogP contribution in [0.3, 0.4) is 0 Å². The number of aliphatic imine (C=N–C) groups is 1. The maximum Gasteiger partial charge on any atom is 0.417 e. The lowest BCUT2D eigenvalue weighted by atomic mass is 9.88. The minimum atomic E-state index is -3.70. The fourth-order valence-electron chi connectivity index (χ4n) is 4.93. The summed E-state index contributed by atoms with van der Waals surface area (Å²) in [5.74, 6) is 0.424. The third-order valence-electron chi connectivity index (χ3n) is 6.80. The molecule has 1 aliphatic carbocycles. The average Bonchev–Trinajstić information content (AvgIpc) is 3.33. The smallest absolute Gasteiger partial charge is 0.407 e. The predicted molar refractivity (Wildman–Crippen MR) is 120 cm³/mol. The molecular formula is C22H26N4O5S. The van der Waals surface area contributed by atoms with Crippen molar-refractivity contribution in [1.82, 2.24) is 14.6 Å². The molecule has 2 fully saturated rings. The Kier molecular flexibility index (Phi) is 5.29. The first-order valence-corrected chi connectivity index (χ1v) is 12.6. The van der Waals surface area contributed by atoms with Crippen molar-refractivity contribution in [2.45, 2.75) is 50.5 Å². The van der Waals surface area contributed by atoms with Crippen molar-refractivity contribution >= 4 is 38.9 Å². The summed E-state index contributed by atoms with van der Waals surface area (Å²) < 4.78 is 32.3. The van der Waals surface area contributed by atoms with Crippen LogP contribution in [-0.2, 0) is 14.8 Å². The summed E-state index contributed by atoms with van der Waals surface area (Å²) >= 11 is 0. The Morgan fingerprint density at radius 2 is 1.88 bits per heavy atom. The molecular weight excluding hydrogens is 432 g/mol. The van der Waals surface area contributed by atoms with Crippen LogP contribution in [0.1, 0.15) is 50.5 Å². The van der Waals surface area contributed by atoms with E-state index in [0.717, 1.165) is 36.9 Å². The van der Waals surface area contributed by atoms with Crippen LogP contribution >= 0.6 is 0 Å². The zero-order valence-corrected chi connectivity index (χ0v) is 18.5. The van der Waals surface area contributed by atoms with Gasteiger partial charge in [0.25, 0.3) is 5.91 Å². The van der Waals surface area contributed by atoms with Gasteiger partial charge in [-0.1, -0.05) is 31.4 Å². The molecule has 1 aromatic heterocycles. The van der Waals surface area contributed by atoms with Crippen LogP contribution in [0, 0.1) is 5.92 Å². The number of hydrogen-bond donors (Lipinski definition) is 2. The quantitative estimate of drug-likeness (QED) is 0.728. The minimum absolute atomic E-state index is 0.0974. The van der Waals surface area contributed by atoms with E-state index in [-0.39, 0.29) is 19.0 Å². The van der Waals surface area contributed by atoms with Gasteiger partial charge in [0.1, 0.15) is 11.4 Å². The van der Waals surface area contributed by atoms with E-state index in [9.17, 15) is 18.0 Å². The molecule has 2 aromatic rings. The van der Waals surface area contributed by atoms with Crippen molar-refractivity contribution in [3.05, 3.63) is 39.7 Å². The molecule has 1 saturated carbocycles. The van der Waals surface area contributed by atoms with Crippen molar-refractivity contribution in [2.75, 3.05) is 13.1 Å². The van der Waals surface area contributed by atoms with E-state index in [0.29, 0.717) is 35.4 Å². The van der Waals surface area contributed by atoms with E-state index in [4.69, 9.17) is 9.41 Å². The summed E-state index contributed by atoms with van der Waals surface area (Å²) in [4.78, 5) is 31.6. The molecule has 2 N–H and O–H groups in total. The number of amides is 1. The Morgan fingerprint density at radius 3 is 2.62 bits per heavy atom. The third-order valence-corrected chi connectivity index (χ3v) is 8.36. The summed E-state index contributed by atoms with van der Waals surface area (Å²) in [7, 11) is -3.70. The molecule has 170 valence electrons. The van der Waals surface area contributed by atoms with Crippen molar-refractivity contribution < 1.29 is 17.6 Å². The normalized spacial score (nSPS) is 22.6. The number of aromatic nitrogens is 1. The molecule has 32 heavy (non-hydrogen) atoms. The van der Waals surface area contributed by atoms with Gasteiger partial charge >= 0.3 is 5.76 Å². The highest BCUT2D eigenvalue weighted by molar-refractivity contribution is 7.92. The van der Waals surface area contributed by atoms with Gasteiger partial charge < -0.3 is 9.73 Å². The van der Waals surface area contributed by atoms with Crippen LogP contribution in [0.15, 0.2) is 37.8 Å². The second-order valence-corrected chi connectivity index (χ2v) is 10.6. The molecule has 10 heteroatoms. The molecule has 3 heterocycles. The molecule has 0 unspecified atom stereocenters. The highest BCUT2D eigenvalue weighted by atomic mass is 32.2. The summed E-state index contributed by atoms with van der Waals surface area (Å²) in [6.07, 6.45) is 7.81. The SMILES string of the molecule is O=C1NC(C2CCCCC2)=NC12CCN(S(=O)(=O)/C=C/c1cccc3[nH]c(=O)oc13)CC2. The number of para-hydroxylation sites is 1. The minimum Gasteiger partial charge on any atom is -0.407 e. The zero-order chi connectivity index (χ0) is 22.3. The fourth-order valence-corrected chi connectivity index (χ4v) is 6.12.